The van der Waals surface area contributed by atoms with Crippen molar-refractivity contribution in [3.8, 4) is 0 Å². The summed E-state index contributed by atoms with van der Waals surface area (Å²) in [4.78, 5) is 21.1. The molecule has 0 aliphatic rings. The van der Waals surface area contributed by atoms with E-state index in [1.54, 1.807) is 0 Å². The molecule has 0 unspecified atom stereocenters. The van der Waals surface area contributed by atoms with Gasteiger partial charge in [-0.25, -0.2) is 0 Å². The van der Waals surface area contributed by atoms with E-state index in [-0.39, 0.29) is 11.4 Å². The Balaban J connectivity index is 1.74. The summed E-state index contributed by atoms with van der Waals surface area (Å²) in [5.41, 5.74) is 4.62. The van der Waals surface area contributed by atoms with Gasteiger partial charge in [0.1, 0.15) is 5.69 Å². The smallest absolute Gasteiger partial charge is 0.271 e. The number of hydrazone groups is 1. The first kappa shape index (κ1) is 20.7. The number of nitrogens with zero attached hydrogens (tertiary/aromatic N) is 3. The van der Waals surface area contributed by atoms with Gasteiger partial charge in [0.05, 0.1) is 21.6 Å². The van der Waals surface area contributed by atoms with Gasteiger partial charge in [-0.15, -0.1) is 0 Å². The van der Waals surface area contributed by atoms with Crippen LogP contribution >= 0.6 is 0 Å². The van der Waals surface area contributed by atoms with Gasteiger partial charge in [-0.3, -0.25) is 25.7 Å². The fraction of sp³-hybridized carbons (Fsp3) is 0.0417. The number of nitrogens with one attached hydrogen (secondary N) is 1. The van der Waals surface area contributed by atoms with E-state index >= 15 is 0 Å². The summed E-state index contributed by atoms with van der Waals surface area (Å²) in [5.74, 6) is 0. The third-order valence-corrected chi connectivity index (χ3v) is 5.00. The molecule has 4 aromatic carbocycles. The van der Waals surface area contributed by atoms with Crippen LogP contribution in [0.15, 0.2) is 96.1 Å². The fourth-order valence-corrected chi connectivity index (χ4v) is 3.37. The van der Waals surface area contributed by atoms with E-state index in [1.165, 1.54) is 12.1 Å². The standard InChI is InChI=1S/C24H18N4O4/c29-27(30)21-12-13-22(24(16-21)28(31)32)25-26-23(14-17-6-2-1-3-7-17)20-11-10-18-8-4-5-9-19(18)15-20/h1-13,15-16,25H,14H2. The molecule has 0 spiro atoms. The van der Waals surface area contributed by atoms with E-state index in [0.717, 1.165) is 28.0 Å². The highest BCUT2D eigenvalue weighted by Gasteiger charge is 2.19. The monoisotopic (exact) mass is 426 g/mol. The van der Waals surface area contributed by atoms with Gasteiger partial charge in [-0.1, -0.05) is 66.7 Å². The summed E-state index contributed by atoms with van der Waals surface area (Å²) in [7, 11) is 0. The third-order valence-electron chi connectivity index (χ3n) is 5.00. The Kier molecular flexibility index (Phi) is 5.85. The molecule has 0 bridgehead atoms. The highest BCUT2D eigenvalue weighted by Crippen LogP contribution is 2.29. The van der Waals surface area contributed by atoms with Crippen LogP contribution in [-0.4, -0.2) is 15.6 Å². The first-order chi connectivity index (χ1) is 15.5. The van der Waals surface area contributed by atoms with Crippen molar-refractivity contribution in [2.75, 3.05) is 5.43 Å². The second-order valence-electron chi connectivity index (χ2n) is 7.11. The molecule has 4 aromatic rings. The van der Waals surface area contributed by atoms with E-state index in [0.29, 0.717) is 12.1 Å². The molecule has 0 aliphatic carbocycles. The van der Waals surface area contributed by atoms with Crippen molar-refractivity contribution in [2.24, 2.45) is 5.10 Å². The highest BCUT2D eigenvalue weighted by atomic mass is 16.6. The van der Waals surface area contributed by atoms with Crippen LogP contribution < -0.4 is 5.43 Å². The van der Waals surface area contributed by atoms with E-state index in [9.17, 15) is 20.2 Å². The van der Waals surface area contributed by atoms with E-state index < -0.39 is 15.5 Å². The van der Waals surface area contributed by atoms with Gasteiger partial charge < -0.3 is 0 Å². The molecule has 0 amide bonds. The van der Waals surface area contributed by atoms with Crippen LogP contribution in [0, 0.1) is 20.2 Å². The number of nitro groups is 2. The molecule has 0 aromatic heterocycles. The Morgan fingerprint density at radius 3 is 2.22 bits per heavy atom. The molecule has 0 radical (unpaired) electrons. The van der Waals surface area contributed by atoms with Crippen molar-refractivity contribution < 1.29 is 9.85 Å². The van der Waals surface area contributed by atoms with Crippen molar-refractivity contribution >= 4 is 33.5 Å². The highest BCUT2D eigenvalue weighted by molar-refractivity contribution is 6.05. The van der Waals surface area contributed by atoms with Gasteiger partial charge >= 0.3 is 5.69 Å². The van der Waals surface area contributed by atoms with Gasteiger partial charge in [0.2, 0.25) is 0 Å². The molecule has 8 nitrogen and oxygen atoms in total. The number of rotatable bonds is 7. The van der Waals surface area contributed by atoms with Gasteiger partial charge in [0.25, 0.3) is 5.69 Å². The molecular formula is C24H18N4O4. The van der Waals surface area contributed by atoms with Crippen molar-refractivity contribution in [3.63, 3.8) is 0 Å². The SMILES string of the molecule is O=[N+]([O-])c1ccc(NN=C(Cc2ccccc2)c2ccc3ccccc3c2)c([N+](=O)[O-])c1. The predicted octanol–water partition coefficient (Wildman–Crippen LogP) is 5.72. The third kappa shape index (κ3) is 4.59. The first-order valence-electron chi connectivity index (χ1n) is 9.80. The van der Waals surface area contributed by atoms with Crippen molar-refractivity contribution in [1.29, 1.82) is 0 Å². The molecule has 158 valence electrons. The Bertz CT molecular complexity index is 1340. The van der Waals surface area contributed by atoms with Crippen LogP contribution in [0.5, 0.6) is 0 Å². The molecule has 0 atom stereocenters. The molecule has 0 aliphatic heterocycles. The summed E-state index contributed by atoms with van der Waals surface area (Å²) < 4.78 is 0. The molecule has 4 rings (SSSR count). The second-order valence-corrected chi connectivity index (χ2v) is 7.11. The first-order valence-corrected chi connectivity index (χ1v) is 9.80. The molecular weight excluding hydrogens is 408 g/mol. The van der Waals surface area contributed by atoms with E-state index in [4.69, 9.17) is 0 Å². The predicted molar refractivity (Wildman–Crippen MR) is 124 cm³/mol. The number of fused-ring (bicyclic) bond motifs is 1. The minimum absolute atomic E-state index is 0.0759. The van der Waals surface area contributed by atoms with Gasteiger partial charge in [0.15, 0.2) is 0 Å². The molecule has 32 heavy (non-hydrogen) atoms. The topological polar surface area (TPSA) is 111 Å². The number of nitro benzene ring substituents is 2. The number of hydrogen-bond acceptors (Lipinski definition) is 6. The van der Waals surface area contributed by atoms with Crippen LogP contribution in [-0.2, 0) is 6.42 Å². The Labute approximate surface area is 183 Å². The molecule has 0 saturated heterocycles. The second kappa shape index (κ2) is 9.05. The zero-order chi connectivity index (χ0) is 22.5. The zero-order valence-corrected chi connectivity index (χ0v) is 16.8. The lowest BCUT2D eigenvalue weighted by molar-refractivity contribution is -0.393. The lowest BCUT2D eigenvalue weighted by Gasteiger charge is -2.10. The maximum atomic E-state index is 11.4. The van der Waals surface area contributed by atoms with Crippen LogP contribution in [0.4, 0.5) is 17.1 Å². The summed E-state index contributed by atoms with van der Waals surface area (Å²) in [6.07, 6.45) is 0.493. The summed E-state index contributed by atoms with van der Waals surface area (Å²) in [6, 6.07) is 27.1. The zero-order valence-electron chi connectivity index (χ0n) is 16.8. The average Bonchev–Trinajstić information content (AvgIpc) is 2.81. The summed E-state index contributed by atoms with van der Waals surface area (Å²) in [6.45, 7) is 0. The minimum atomic E-state index is -0.671. The quantitative estimate of drug-likeness (QED) is 0.231. The number of hydrogen-bond donors (Lipinski definition) is 1. The van der Waals surface area contributed by atoms with E-state index in [2.05, 4.69) is 10.5 Å². The largest absolute Gasteiger partial charge is 0.301 e. The maximum absolute atomic E-state index is 11.4. The molecule has 1 N–H and O–H groups in total. The molecule has 0 fully saturated rings. The van der Waals surface area contributed by atoms with Crippen LogP contribution in [0.2, 0.25) is 0 Å². The Morgan fingerprint density at radius 1 is 0.781 bits per heavy atom. The lowest BCUT2D eigenvalue weighted by Crippen LogP contribution is -2.09. The van der Waals surface area contributed by atoms with E-state index in [1.807, 2.05) is 72.8 Å². The Hall–Kier alpha value is -4.59. The van der Waals surface area contributed by atoms with Crippen molar-refractivity contribution in [2.45, 2.75) is 6.42 Å². The van der Waals surface area contributed by atoms with Gasteiger partial charge in [-0.05, 0) is 34.0 Å². The average molecular weight is 426 g/mol. The number of benzene rings is 4. The number of non-ortho nitro benzene ring substituents is 1. The van der Waals surface area contributed by atoms with Crippen LogP contribution in [0.3, 0.4) is 0 Å². The van der Waals surface area contributed by atoms with Crippen LogP contribution in [0.1, 0.15) is 11.1 Å². The number of anilines is 1. The van der Waals surface area contributed by atoms with Gasteiger partial charge in [-0.2, -0.15) is 5.10 Å². The summed E-state index contributed by atoms with van der Waals surface area (Å²) >= 11 is 0. The lowest BCUT2D eigenvalue weighted by atomic mass is 9.99. The Morgan fingerprint density at radius 2 is 1.50 bits per heavy atom. The minimum Gasteiger partial charge on any atom is -0.271 e. The molecule has 0 saturated carbocycles. The maximum Gasteiger partial charge on any atom is 0.301 e. The summed E-state index contributed by atoms with van der Waals surface area (Å²) in [5, 5.41) is 29.0. The van der Waals surface area contributed by atoms with Crippen molar-refractivity contribution in [1.82, 2.24) is 0 Å². The van der Waals surface area contributed by atoms with Gasteiger partial charge in [0, 0.05) is 12.5 Å². The molecule has 8 heteroatoms. The molecule has 0 heterocycles. The normalized spacial score (nSPS) is 11.3. The fourth-order valence-electron chi connectivity index (χ4n) is 3.37. The van der Waals surface area contributed by atoms with Crippen LogP contribution in [0.25, 0.3) is 10.8 Å². The van der Waals surface area contributed by atoms with Crippen molar-refractivity contribution in [3.05, 3.63) is 122 Å².